The predicted molar refractivity (Wildman–Crippen MR) is 95.7 cm³/mol. The monoisotopic (exact) mass is 311 g/mol. The second-order valence-electron chi connectivity index (χ2n) is 6.53. The molecule has 0 amide bonds. The highest BCUT2D eigenvalue weighted by atomic mass is 16.5. The highest BCUT2D eigenvalue weighted by Gasteiger charge is 2.24. The van der Waals surface area contributed by atoms with Gasteiger partial charge in [0.1, 0.15) is 5.75 Å². The number of aryl methyl sites for hydroxylation is 1. The van der Waals surface area contributed by atoms with Crippen molar-refractivity contribution < 1.29 is 9.53 Å². The van der Waals surface area contributed by atoms with Crippen molar-refractivity contribution in [3.8, 4) is 5.75 Å². The Bertz CT molecular complexity index is 676. The molecule has 0 bridgehead atoms. The first kappa shape index (κ1) is 17.2. The van der Waals surface area contributed by atoms with Crippen LogP contribution in [0, 0.1) is 18.8 Å². The molecular formula is C20H25NO2. The molecule has 0 spiro atoms. The van der Waals surface area contributed by atoms with E-state index in [2.05, 4.69) is 0 Å². The maximum absolute atomic E-state index is 12.5. The highest BCUT2D eigenvalue weighted by Crippen LogP contribution is 2.28. The first-order chi connectivity index (χ1) is 10.8. The van der Waals surface area contributed by atoms with E-state index in [4.69, 9.17) is 9.73 Å². The average Bonchev–Trinajstić information content (AvgIpc) is 2.50. The number of aliphatic imine (C=N–C) groups is 1. The van der Waals surface area contributed by atoms with Crippen LogP contribution in [0.3, 0.4) is 0 Å². The first-order valence-corrected chi connectivity index (χ1v) is 8.04. The van der Waals surface area contributed by atoms with Gasteiger partial charge >= 0.3 is 0 Å². The molecule has 0 saturated carbocycles. The molecular weight excluding hydrogens is 286 g/mol. The van der Waals surface area contributed by atoms with Gasteiger partial charge in [-0.2, -0.15) is 0 Å². The Morgan fingerprint density at radius 2 is 1.57 bits per heavy atom. The Morgan fingerprint density at radius 3 is 2.00 bits per heavy atom. The van der Waals surface area contributed by atoms with Gasteiger partial charge in [-0.3, -0.25) is 4.79 Å². The molecule has 1 aliphatic carbocycles. The van der Waals surface area contributed by atoms with E-state index in [9.17, 15) is 4.79 Å². The van der Waals surface area contributed by atoms with E-state index in [0.29, 0.717) is 0 Å². The normalized spacial score (nSPS) is 15.0. The average molecular weight is 311 g/mol. The first-order valence-electron chi connectivity index (χ1n) is 8.04. The number of benzene rings is 1. The molecule has 1 aromatic rings. The summed E-state index contributed by atoms with van der Waals surface area (Å²) in [6.07, 6.45) is 3.84. The summed E-state index contributed by atoms with van der Waals surface area (Å²) in [5.41, 5.74) is 4.45. The molecule has 1 aromatic carbocycles. The molecule has 0 heterocycles. The van der Waals surface area contributed by atoms with Gasteiger partial charge in [-0.25, -0.2) is 4.99 Å². The van der Waals surface area contributed by atoms with Crippen molar-refractivity contribution in [2.24, 2.45) is 16.8 Å². The van der Waals surface area contributed by atoms with E-state index in [1.807, 2.05) is 65.0 Å². The number of carbonyl (C=O) groups excluding carboxylic acids is 1. The summed E-state index contributed by atoms with van der Waals surface area (Å²) in [7, 11) is 1.66. The molecule has 0 atom stereocenters. The lowest BCUT2D eigenvalue weighted by molar-refractivity contribution is -0.113. The van der Waals surface area contributed by atoms with E-state index >= 15 is 0 Å². The standard InChI is InChI=1S/C20H25NO2/c1-12(2)17-10-15(11-18(13(3)4)20(17)22)21-19-8-7-16(23-6)9-14(19)5/h7-13H,1-6H3. The fourth-order valence-electron chi connectivity index (χ4n) is 2.60. The quantitative estimate of drug-likeness (QED) is 0.747. The van der Waals surface area contributed by atoms with E-state index < -0.39 is 0 Å². The van der Waals surface area contributed by atoms with Crippen LogP contribution in [0.5, 0.6) is 5.75 Å². The third-order valence-corrected chi connectivity index (χ3v) is 4.03. The van der Waals surface area contributed by atoms with E-state index in [-0.39, 0.29) is 17.6 Å². The summed E-state index contributed by atoms with van der Waals surface area (Å²) in [6, 6.07) is 5.82. The van der Waals surface area contributed by atoms with Crippen LogP contribution in [0.4, 0.5) is 5.69 Å². The molecule has 0 aliphatic heterocycles. The minimum Gasteiger partial charge on any atom is -0.497 e. The maximum Gasteiger partial charge on any atom is 0.185 e. The summed E-state index contributed by atoms with van der Waals surface area (Å²) < 4.78 is 5.23. The van der Waals surface area contributed by atoms with Crippen LogP contribution >= 0.6 is 0 Å². The van der Waals surface area contributed by atoms with Crippen LogP contribution in [0.2, 0.25) is 0 Å². The minimum atomic E-state index is 0.153. The van der Waals surface area contributed by atoms with Crippen molar-refractivity contribution in [3.05, 3.63) is 47.1 Å². The molecule has 122 valence electrons. The second-order valence-corrected chi connectivity index (χ2v) is 6.53. The Kier molecular flexibility index (Phi) is 5.19. The van der Waals surface area contributed by atoms with Gasteiger partial charge in [0.15, 0.2) is 5.78 Å². The molecule has 0 unspecified atom stereocenters. The van der Waals surface area contributed by atoms with Crippen LogP contribution in [0.1, 0.15) is 33.3 Å². The smallest absolute Gasteiger partial charge is 0.185 e. The van der Waals surface area contributed by atoms with Crippen LogP contribution in [0.25, 0.3) is 0 Å². The summed E-state index contributed by atoms with van der Waals surface area (Å²) in [5.74, 6) is 1.35. The molecule has 3 nitrogen and oxygen atoms in total. The number of hydrogen-bond acceptors (Lipinski definition) is 3. The maximum atomic E-state index is 12.5. The van der Waals surface area contributed by atoms with Crippen LogP contribution in [-0.2, 0) is 4.79 Å². The highest BCUT2D eigenvalue weighted by molar-refractivity contribution is 6.22. The Hall–Kier alpha value is -2.16. The van der Waals surface area contributed by atoms with Gasteiger partial charge in [0.25, 0.3) is 0 Å². The molecule has 0 saturated heterocycles. The molecule has 1 aliphatic rings. The van der Waals surface area contributed by atoms with E-state index in [1.54, 1.807) is 7.11 Å². The predicted octanol–water partition coefficient (Wildman–Crippen LogP) is 4.82. The summed E-state index contributed by atoms with van der Waals surface area (Å²) in [5, 5.41) is 0. The molecule has 3 heteroatoms. The van der Waals surface area contributed by atoms with Gasteiger partial charge in [-0.1, -0.05) is 27.7 Å². The number of hydrogen-bond donors (Lipinski definition) is 0. The van der Waals surface area contributed by atoms with Crippen LogP contribution < -0.4 is 4.74 Å². The van der Waals surface area contributed by atoms with Crippen molar-refractivity contribution in [1.29, 1.82) is 0 Å². The molecule has 0 fully saturated rings. The number of ketones is 1. The number of carbonyl (C=O) groups is 1. The van der Waals surface area contributed by atoms with E-state index in [0.717, 1.165) is 33.9 Å². The third-order valence-electron chi connectivity index (χ3n) is 4.03. The number of methoxy groups -OCH3 is 1. The molecule has 0 aromatic heterocycles. The molecule has 23 heavy (non-hydrogen) atoms. The Morgan fingerprint density at radius 1 is 1.00 bits per heavy atom. The zero-order valence-corrected chi connectivity index (χ0v) is 14.8. The lowest BCUT2D eigenvalue weighted by atomic mass is 9.84. The number of rotatable bonds is 4. The number of Topliss-reactive ketones (excluding diaryl/α,β-unsaturated/α-hetero) is 1. The molecule has 0 N–H and O–H groups in total. The number of nitrogens with zero attached hydrogens (tertiary/aromatic N) is 1. The van der Waals surface area contributed by atoms with Gasteiger partial charge in [0.2, 0.25) is 0 Å². The molecule has 0 radical (unpaired) electrons. The van der Waals surface area contributed by atoms with Gasteiger partial charge in [0.05, 0.1) is 18.5 Å². The Balaban J connectivity index is 2.49. The lowest BCUT2D eigenvalue weighted by Gasteiger charge is -2.20. The Labute approximate surface area is 138 Å². The minimum absolute atomic E-state index is 0.153. The zero-order valence-electron chi connectivity index (χ0n) is 14.8. The van der Waals surface area contributed by atoms with Gasteiger partial charge in [-0.05, 0) is 54.7 Å². The summed E-state index contributed by atoms with van der Waals surface area (Å²) in [4.78, 5) is 17.3. The van der Waals surface area contributed by atoms with Crippen molar-refractivity contribution >= 4 is 17.2 Å². The largest absolute Gasteiger partial charge is 0.497 e. The van der Waals surface area contributed by atoms with Gasteiger partial charge in [-0.15, -0.1) is 0 Å². The van der Waals surface area contributed by atoms with Crippen molar-refractivity contribution in [1.82, 2.24) is 0 Å². The SMILES string of the molecule is COc1ccc(N=C2C=C(C(C)C)C(=O)C(C(C)C)=C2)c(C)c1. The summed E-state index contributed by atoms with van der Waals surface area (Å²) >= 11 is 0. The lowest BCUT2D eigenvalue weighted by Crippen LogP contribution is -2.20. The van der Waals surface area contributed by atoms with Crippen molar-refractivity contribution in [3.63, 3.8) is 0 Å². The topological polar surface area (TPSA) is 38.7 Å². The third kappa shape index (κ3) is 3.79. The van der Waals surface area contributed by atoms with E-state index in [1.165, 1.54) is 0 Å². The molecule has 2 rings (SSSR count). The van der Waals surface area contributed by atoms with Crippen molar-refractivity contribution in [2.75, 3.05) is 7.11 Å². The van der Waals surface area contributed by atoms with Crippen LogP contribution in [0.15, 0.2) is 46.5 Å². The van der Waals surface area contributed by atoms with Gasteiger partial charge in [0, 0.05) is 11.1 Å². The zero-order chi connectivity index (χ0) is 17.1. The summed E-state index contributed by atoms with van der Waals surface area (Å²) in [6.45, 7) is 10.2. The number of ether oxygens (including phenoxy) is 1. The second kappa shape index (κ2) is 6.95. The van der Waals surface area contributed by atoms with Gasteiger partial charge < -0.3 is 4.74 Å². The fourth-order valence-corrected chi connectivity index (χ4v) is 2.60. The number of allylic oxidation sites excluding steroid dienone is 4. The fraction of sp³-hybridized carbons (Fsp3) is 0.400. The van der Waals surface area contributed by atoms with Crippen molar-refractivity contribution in [2.45, 2.75) is 34.6 Å². The van der Waals surface area contributed by atoms with Crippen LogP contribution in [-0.4, -0.2) is 18.6 Å².